The molecule has 1 aliphatic rings. The predicted octanol–water partition coefficient (Wildman–Crippen LogP) is 2.99. The van der Waals surface area contributed by atoms with Gasteiger partial charge < -0.3 is 19.1 Å². The van der Waals surface area contributed by atoms with E-state index in [0.717, 1.165) is 24.2 Å². The number of ether oxygens (including phenoxy) is 1. The van der Waals surface area contributed by atoms with Gasteiger partial charge in [0.15, 0.2) is 0 Å². The predicted molar refractivity (Wildman–Crippen MR) is 102 cm³/mol. The molecule has 1 aromatic carbocycles. The van der Waals surface area contributed by atoms with Crippen LogP contribution in [0.5, 0.6) is 5.75 Å². The summed E-state index contributed by atoms with van der Waals surface area (Å²) in [4.78, 5) is 30.2. The molecule has 1 N–H and O–H groups in total. The highest BCUT2D eigenvalue weighted by atomic mass is 16.5. The molecule has 4 rings (SSSR count). The molecule has 1 unspecified atom stereocenters. The van der Waals surface area contributed by atoms with Gasteiger partial charge in [0.2, 0.25) is 0 Å². The number of carbonyl (C=O) groups is 2. The van der Waals surface area contributed by atoms with E-state index in [1.54, 1.807) is 31.2 Å². The second kappa shape index (κ2) is 7.34. The Labute approximate surface area is 162 Å². The Morgan fingerprint density at radius 2 is 2.11 bits per heavy atom. The molecule has 2 aromatic heterocycles. The SMILES string of the molecule is CC(C(=O)O)N(C(=O)c1cccc(OCc2cn3ccccc3n2)c1)C1CC1. The fourth-order valence-electron chi connectivity index (χ4n) is 3.21. The van der Waals surface area contributed by atoms with Crippen molar-refractivity contribution in [3.8, 4) is 5.75 Å². The molecule has 0 bridgehead atoms. The number of carbonyl (C=O) groups excluding carboxylic acids is 1. The zero-order valence-corrected chi connectivity index (χ0v) is 15.5. The molecule has 7 nitrogen and oxygen atoms in total. The molecule has 0 radical (unpaired) electrons. The van der Waals surface area contributed by atoms with Gasteiger partial charge in [-0.3, -0.25) is 4.79 Å². The summed E-state index contributed by atoms with van der Waals surface area (Å²) in [5.41, 5.74) is 2.04. The number of imidazole rings is 1. The number of aliphatic carboxylic acids is 1. The molecule has 28 heavy (non-hydrogen) atoms. The van der Waals surface area contributed by atoms with E-state index < -0.39 is 12.0 Å². The van der Waals surface area contributed by atoms with Crippen LogP contribution in [0.25, 0.3) is 5.65 Å². The van der Waals surface area contributed by atoms with Crippen molar-refractivity contribution in [3.05, 3.63) is 66.1 Å². The number of nitrogens with zero attached hydrogens (tertiary/aromatic N) is 3. The summed E-state index contributed by atoms with van der Waals surface area (Å²) in [5.74, 6) is -0.739. The number of pyridine rings is 1. The Hall–Kier alpha value is -3.35. The van der Waals surface area contributed by atoms with E-state index in [1.807, 2.05) is 35.0 Å². The molecular weight excluding hydrogens is 358 g/mol. The van der Waals surface area contributed by atoms with Crippen LogP contribution in [0.15, 0.2) is 54.9 Å². The number of fused-ring (bicyclic) bond motifs is 1. The Morgan fingerprint density at radius 3 is 2.82 bits per heavy atom. The number of carboxylic acids is 1. The molecule has 2 heterocycles. The van der Waals surface area contributed by atoms with Gasteiger partial charge in [0, 0.05) is 24.0 Å². The normalized spacial score (nSPS) is 14.6. The maximum atomic E-state index is 12.9. The first-order valence-electron chi connectivity index (χ1n) is 9.24. The average Bonchev–Trinajstić information content (AvgIpc) is 3.44. The lowest BCUT2D eigenvalue weighted by atomic mass is 10.1. The Bertz CT molecular complexity index is 992. The first-order valence-corrected chi connectivity index (χ1v) is 9.24. The monoisotopic (exact) mass is 379 g/mol. The van der Waals surface area contributed by atoms with Crippen LogP contribution in [0.2, 0.25) is 0 Å². The zero-order valence-electron chi connectivity index (χ0n) is 15.5. The summed E-state index contributed by atoms with van der Waals surface area (Å²) in [6, 6.07) is 11.8. The van der Waals surface area contributed by atoms with E-state index in [1.165, 1.54) is 4.90 Å². The van der Waals surface area contributed by atoms with Crippen molar-refractivity contribution in [3.63, 3.8) is 0 Å². The second-order valence-electron chi connectivity index (χ2n) is 6.97. The van der Waals surface area contributed by atoms with Crippen LogP contribution >= 0.6 is 0 Å². The number of carboxylic acid groups (broad SMARTS) is 1. The van der Waals surface area contributed by atoms with Gasteiger partial charge in [0.05, 0.1) is 5.69 Å². The van der Waals surface area contributed by atoms with Crippen molar-refractivity contribution < 1.29 is 19.4 Å². The fourth-order valence-corrected chi connectivity index (χ4v) is 3.21. The lowest BCUT2D eigenvalue weighted by Crippen LogP contribution is -2.44. The average molecular weight is 379 g/mol. The number of aromatic nitrogens is 2. The van der Waals surface area contributed by atoms with E-state index >= 15 is 0 Å². The summed E-state index contributed by atoms with van der Waals surface area (Å²) < 4.78 is 7.73. The highest BCUT2D eigenvalue weighted by molar-refractivity contribution is 5.97. The van der Waals surface area contributed by atoms with Gasteiger partial charge in [0.1, 0.15) is 24.0 Å². The van der Waals surface area contributed by atoms with E-state index in [0.29, 0.717) is 11.3 Å². The van der Waals surface area contributed by atoms with Crippen LogP contribution < -0.4 is 4.74 Å². The third kappa shape index (κ3) is 3.69. The van der Waals surface area contributed by atoms with Crippen molar-refractivity contribution in [1.29, 1.82) is 0 Å². The third-order valence-corrected chi connectivity index (χ3v) is 4.83. The van der Waals surface area contributed by atoms with Gasteiger partial charge in [-0.15, -0.1) is 0 Å². The van der Waals surface area contributed by atoms with Crippen LogP contribution in [0.4, 0.5) is 0 Å². The minimum Gasteiger partial charge on any atom is -0.487 e. The van der Waals surface area contributed by atoms with Crippen LogP contribution in [0.3, 0.4) is 0 Å². The number of benzene rings is 1. The van der Waals surface area contributed by atoms with E-state index in [9.17, 15) is 14.7 Å². The molecule has 1 saturated carbocycles. The molecule has 144 valence electrons. The summed E-state index contributed by atoms with van der Waals surface area (Å²) >= 11 is 0. The smallest absolute Gasteiger partial charge is 0.326 e. The van der Waals surface area contributed by atoms with Crippen molar-refractivity contribution in [2.24, 2.45) is 0 Å². The molecule has 1 atom stereocenters. The van der Waals surface area contributed by atoms with E-state index in [4.69, 9.17) is 4.74 Å². The highest BCUT2D eigenvalue weighted by Crippen LogP contribution is 2.31. The van der Waals surface area contributed by atoms with Gasteiger partial charge in [-0.2, -0.15) is 0 Å². The van der Waals surface area contributed by atoms with Crippen molar-refractivity contribution in [2.45, 2.75) is 38.5 Å². The number of hydrogen-bond donors (Lipinski definition) is 1. The minimum absolute atomic E-state index is 0.00106. The number of hydrogen-bond acceptors (Lipinski definition) is 4. The molecule has 0 aliphatic heterocycles. The summed E-state index contributed by atoms with van der Waals surface area (Å²) in [7, 11) is 0. The van der Waals surface area contributed by atoms with Gasteiger partial charge >= 0.3 is 5.97 Å². The van der Waals surface area contributed by atoms with Crippen LogP contribution in [0.1, 0.15) is 35.8 Å². The minimum atomic E-state index is -1.00. The molecule has 1 aliphatic carbocycles. The Morgan fingerprint density at radius 1 is 1.29 bits per heavy atom. The largest absolute Gasteiger partial charge is 0.487 e. The quantitative estimate of drug-likeness (QED) is 0.682. The topological polar surface area (TPSA) is 84.1 Å². The summed E-state index contributed by atoms with van der Waals surface area (Å²) in [5, 5.41) is 9.32. The molecule has 0 spiro atoms. The van der Waals surface area contributed by atoms with Crippen LogP contribution in [0, 0.1) is 0 Å². The number of rotatable bonds is 7. The van der Waals surface area contributed by atoms with Gasteiger partial charge in [0.25, 0.3) is 5.91 Å². The van der Waals surface area contributed by atoms with Gasteiger partial charge in [-0.25, -0.2) is 9.78 Å². The first kappa shape index (κ1) is 18.0. The summed E-state index contributed by atoms with van der Waals surface area (Å²) in [6.45, 7) is 1.82. The maximum Gasteiger partial charge on any atom is 0.326 e. The standard InChI is InChI=1S/C21H21N3O4/c1-14(21(26)27)24(17-8-9-17)20(25)15-5-4-6-18(11-15)28-13-16-12-23-10-3-2-7-19(23)22-16/h2-7,10-12,14,17H,8-9,13H2,1H3,(H,26,27). The third-order valence-electron chi connectivity index (χ3n) is 4.83. The Balaban J connectivity index is 1.49. The van der Waals surface area contributed by atoms with Gasteiger partial charge in [-0.05, 0) is 50.1 Å². The van der Waals surface area contributed by atoms with Crippen molar-refractivity contribution in [2.75, 3.05) is 0 Å². The molecule has 3 aromatic rings. The van der Waals surface area contributed by atoms with Crippen molar-refractivity contribution >= 4 is 17.5 Å². The molecule has 1 fully saturated rings. The van der Waals surface area contributed by atoms with Crippen LogP contribution in [-0.2, 0) is 11.4 Å². The second-order valence-corrected chi connectivity index (χ2v) is 6.97. The van der Waals surface area contributed by atoms with E-state index in [-0.39, 0.29) is 18.6 Å². The summed E-state index contributed by atoms with van der Waals surface area (Å²) in [6.07, 6.45) is 5.50. The molecular formula is C21H21N3O4. The lowest BCUT2D eigenvalue weighted by Gasteiger charge is -2.26. The number of amides is 1. The lowest BCUT2D eigenvalue weighted by molar-refractivity contribution is -0.141. The molecule has 1 amide bonds. The maximum absolute atomic E-state index is 12.9. The molecule has 7 heteroatoms. The Kier molecular flexibility index (Phi) is 4.73. The highest BCUT2D eigenvalue weighted by Gasteiger charge is 2.38. The molecule has 0 saturated heterocycles. The zero-order chi connectivity index (χ0) is 19.7. The van der Waals surface area contributed by atoms with Crippen molar-refractivity contribution in [1.82, 2.24) is 14.3 Å². The van der Waals surface area contributed by atoms with E-state index in [2.05, 4.69) is 4.98 Å². The van der Waals surface area contributed by atoms with Gasteiger partial charge in [-0.1, -0.05) is 12.1 Å². The fraction of sp³-hybridized carbons (Fsp3) is 0.286. The first-order chi connectivity index (χ1) is 13.5. The van der Waals surface area contributed by atoms with Crippen LogP contribution in [-0.4, -0.2) is 43.4 Å².